The number of hydrogen-bond donors (Lipinski definition) is 3. The van der Waals surface area contributed by atoms with Crippen LogP contribution < -0.4 is 10.6 Å². The molecule has 1 fully saturated rings. The van der Waals surface area contributed by atoms with Crippen LogP contribution in [0.1, 0.15) is 20.3 Å². The van der Waals surface area contributed by atoms with Gasteiger partial charge < -0.3 is 25.1 Å². The Bertz CT molecular complexity index is 1320. The van der Waals surface area contributed by atoms with Crippen molar-refractivity contribution < 1.29 is 19.1 Å². The predicted octanol–water partition coefficient (Wildman–Crippen LogP) is 3.21. The van der Waals surface area contributed by atoms with Gasteiger partial charge in [0.05, 0.1) is 54.8 Å². The van der Waals surface area contributed by atoms with E-state index in [-0.39, 0.29) is 25.0 Å². The van der Waals surface area contributed by atoms with Crippen molar-refractivity contribution in [3.8, 4) is 0 Å². The fraction of sp³-hybridized carbons (Fsp3) is 0.400. The predicted molar refractivity (Wildman–Crippen MR) is 134 cm³/mol. The van der Waals surface area contributed by atoms with Gasteiger partial charge in [-0.1, -0.05) is 11.6 Å². The number of fused-ring (bicyclic) bond motifs is 3. The number of amides is 2. The summed E-state index contributed by atoms with van der Waals surface area (Å²) in [5, 5.41) is 8.25. The highest BCUT2D eigenvalue weighted by Gasteiger charge is 2.38. The molecule has 35 heavy (non-hydrogen) atoms. The van der Waals surface area contributed by atoms with Gasteiger partial charge >= 0.3 is 0 Å². The summed E-state index contributed by atoms with van der Waals surface area (Å²) in [6.45, 7) is 5.56. The fourth-order valence-corrected chi connectivity index (χ4v) is 4.83. The highest BCUT2D eigenvalue weighted by molar-refractivity contribution is 6.33. The van der Waals surface area contributed by atoms with Crippen molar-refractivity contribution in [2.24, 2.45) is 0 Å². The van der Waals surface area contributed by atoms with Crippen molar-refractivity contribution in [3.05, 3.63) is 47.5 Å². The SMILES string of the molecule is CC1(C)CN(CC(=O)NCC2=CCCO2)[C@H](C(=O)Nc2cc(Cl)cc3c2[nH]c2cnccc23)CO1. The Hall–Kier alpha value is -3.14. The molecule has 0 aliphatic carbocycles. The van der Waals surface area contributed by atoms with E-state index in [4.69, 9.17) is 21.1 Å². The van der Waals surface area contributed by atoms with Gasteiger partial charge in [0.2, 0.25) is 11.8 Å². The molecule has 1 aromatic carbocycles. The van der Waals surface area contributed by atoms with Crippen LogP contribution in [-0.4, -0.2) is 71.2 Å². The van der Waals surface area contributed by atoms with Crippen LogP contribution in [0.25, 0.3) is 21.8 Å². The second kappa shape index (κ2) is 9.49. The Morgan fingerprint density at radius 2 is 2.17 bits per heavy atom. The van der Waals surface area contributed by atoms with E-state index >= 15 is 0 Å². The van der Waals surface area contributed by atoms with E-state index in [0.29, 0.717) is 30.4 Å². The number of ether oxygens (including phenoxy) is 2. The van der Waals surface area contributed by atoms with Gasteiger partial charge in [-0.3, -0.25) is 19.5 Å². The van der Waals surface area contributed by atoms with Gasteiger partial charge in [0.25, 0.3) is 0 Å². The molecule has 1 atom stereocenters. The maximum absolute atomic E-state index is 13.4. The molecule has 0 saturated carbocycles. The minimum Gasteiger partial charge on any atom is -0.496 e. The maximum Gasteiger partial charge on any atom is 0.244 e. The molecule has 10 heteroatoms. The topological polar surface area (TPSA) is 109 Å². The summed E-state index contributed by atoms with van der Waals surface area (Å²) in [7, 11) is 0. The van der Waals surface area contributed by atoms with E-state index in [2.05, 4.69) is 20.6 Å². The lowest BCUT2D eigenvalue weighted by Gasteiger charge is -2.42. The first-order valence-electron chi connectivity index (χ1n) is 11.6. The van der Waals surface area contributed by atoms with Gasteiger partial charge in [-0.2, -0.15) is 0 Å². The standard InChI is InChI=1S/C25H28ClN5O4/c1-25(2)14-31(12-22(32)28-10-16-4-3-7-34-16)21(13-35-25)24(33)30-19-9-15(26)8-18-17-5-6-27-11-20(17)29-23(18)19/h4-6,8-9,11,21,29H,3,7,10,12-14H2,1-2H3,(H,28,32)(H,30,33)/t21-/m0/s1. The number of benzene rings is 1. The van der Waals surface area contributed by atoms with E-state index < -0.39 is 11.6 Å². The number of aromatic amines is 1. The Morgan fingerprint density at radius 1 is 1.31 bits per heavy atom. The summed E-state index contributed by atoms with van der Waals surface area (Å²) in [5.74, 6) is 0.328. The molecular formula is C25H28ClN5O4. The summed E-state index contributed by atoms with van der Waals surface area (Å²) in [4.78, 5) is 35.5. The molecule has 3 aromatic rings. The molecule has 2 amide bonds. The maximum atomic E-state index is 13.4. The smallest absolute Gasteiger partial charge is 0.244 e. The van der Waals surface area contributed by atoms with Gasteiger partial charge in [-0.15, -0.1) is 0 Å². The number of pyridine rings is 1. The number of rotatable bonds is 6. The average molecular weight is 498 g/mol. The second-order valence-electron chi connectivity index (χ2n) is 9.49. The molecule has 0 radical (unpaired) electrons. The van der Waals surface area contributed by atoms with Crippen LogP contribution in [0.3, 0.4) is 0 Å². The molecule has 3 N–H and O–H groups in total. The number of anilines is 1. The number of carbonyl (C=O) groups is 2. The number of aromatic nitrogens is 2. The number of hydrogen-bond acceptors (Lipinski definition) is 6. The van der Waals surface area contributed by atoms with Crippen LogP contribution in [0.5, 0.6) is 0 Å². The fourth-order valence-electron chi connectivity index (χ4n) is 4.61. The number of H-pyrrole nitrogens is 1. The molecule has 5 rings (SSSR count). The van der Waals surface area contributed by atoms with Gasteiger partial charge in [-0.25, -0.2) is 0 Å². The third-order valence-electron chi connectivity index (χ3n) is 6.27. The molecular weight excluding hydrogens is 470 g/mol. The second-order valence-corrected chi connectivity index (χ2v) is 9.92. The number of morpholine rings is 1. The summed E-state index contributed by atoms with van der Waals surface area (Å²) in [6.07, 6.45) is 6.28. The molecule has 2 aliphatic rings. The van der Waals surface area contributed by atoms with E-state index in [1.54, 1.807) is 18.5 Å². The van der Waals surface area contributed by atoms with Gasteiger partial charge in [0.1, 0.15) is 11.8 Å². The largest absolute Gasteiger partial charge is 0.496 e. The molecule has 2 aliphatic heterocycles. The van der Waals surface area contributed by atoms with Gasteiger partial charge in [0, 0.05) is 35.0 Å². The summed E-state index contributed by atoms with van der Waals surface area (Å²) in [6, 6.07) is 4.83. The lowest BCUT2D eigenvalue weighted by atomic mass is 10.0. The Morgan fingerprint density at radius 3 is 2.97 bits per heavy atom. The van der Waals surface area contributed by atoms with Crippen molar-refractivity contribution in [2.75, 3.05) is 38.2 Å². The summed E-state index contributed by atoms with van der Waals surface area (Å²) >= 11 is 6.39. The van der Waals surface area contributed by atoms with E-state index in [1.807, 2.05) is 37.0 Å². The van der Waals surface area contributed by atoms with Crippen molar-refractivity contribution in [1.29, 1.82) is 0 Å². The van der Waals surface area contributed by atoms with E-state index in [1.165, 1.54) is 0 Å². The zero-order chi connectivity index (χ0) is 24.6. The minimum atomic E-state index is -0.643. The van der Waals surface area contributed by atoms with E-state index in [0.717, 1.165) is 34.0 Å². The van der Waals surface area contributed by atoms with Crippen LogP contribution in [-0.2, 0) is 19.1 Å². The molecule has 9 nitrogen and oxygen atoms in total. The average Bonchev–Trinajstić information content (AvgIpc) is 3.45. The molecule has 4 heterocycles. The van der Waals surface area contributed by atoms with Gasteiger partial charge in [-0.05, 0) is 38.1 Å². The first kappa shape index (κ1) is 23.6. The van der Waals surface area contributed by atoms with Crippen molar-refractivity contribution in [1.82, 2.24) is 20.2 Å². The monoisotopic (exact) mass is 497 g/mol. The number of nitrogens with zero attached hydrogens (tertiary/aromatic N) is 2. The van der Waals surface area contributed by atoms with Gasteiger partial charge in [0.15, 0.2) is 0 Å². The molecule has 184 valence electrons. The molecule has 0 bridgehead atoms. The van der Waals surface area contributed by atoms with E-state index in [9.17, 15) is 9.59 Å². The Labute approximate surface area is 207 Å². The lowest BCUT2D eigenvalue weighted by molar-refractivity contribution is -0.146. The van der Waals surface area contributed by atoms with Crippen LogP contribution >= 0.6 is 11.6 Å². The Balaban J connectivity index is 1.35. The normalized spacial score (nSPS) is 20.0. The molecule has 0 unspecified atom stereocenters. The zero-order valence-electron chi connectivity index (χ0n) is 19.7. The highest BCUT2D eigenvalue weighted by Crippen LogP contribution is 2.33. The van der Waals surface area contributed by atoms with Crippen molar-refractivity contribution in [3.63, 3.8) is 0 Å². The number of carbonyl (C=O) groups excluding carboxylic acids is 2. The number of halogens is 1. The minimum absolute atomic E-state index is 0.0706. The summed E-state index contributed by atoms with van der Waals surface area (Å²) in [5.41, 5.74) is 1.69. The highest BCUT2D eigenvalue weighted by atomic mass is 35.5. The van der Waals surface area contributed by atoms with Crippen LogP contribution in [0.2, 0.25) is 5.02 Å². The third kappa shape index (κ3) is 5.12. The molecule has 2 aromatic heterocycles. The van der Waals surface area contributed by atoms with Crippen LogP contribution in [0.4, 0.5) is 5.69 Å². The Kier molecular flexibility index (Phi) is 6.39. The van der Waals surface area contributed by atoms with Crippen LogP contribution in [0.15, 0.2) is 42.4 Å². The lowest BCUT2D eigenvalue weighted by Crippen LogP contribution is -2.60. The molecule has 1 saturated heterocycles. The number of nitrogens with one attached hydrogen (secondary N) is 3. The van der Waals surface area contributed by atoms with Crippen molar-refractivity contribution in [2.45, 2.75) is 31.9 Å². The first-order valence-corrected chi connectivity index (χ1v) is 12.0. The quantitative estimate of drug-likeness (QED) is 0.482. The van der Waals surface area contributed by atoms with Crippen molar-refractivity contribution >= 4 is 50.9 Å². The summed E-state index contributed by atoms with van der Waals surface area (Å²) < 4.78 is 11.4. The third-order valence-corrected chi connectivity index (χ3v) is 6.49. The van der Waals surface area contributed by atoms with Crippen LogP contribution in [0, 0.1) is 0 Å². The molecule has 0 spiro atoms. The first-order chi connectivity index (χ1) is 16.8. The zero-order valence-corrected chi connectivity index (χ0v) is 20.4.